The molecule has 0 saturated carbocycles. The topological polar surface area (TPSA) is 165 Å². The maximum atomic E-state index is 14.4. The second-order valence-electron chi connectivity index (χ2n) is 20.6. The zero-order valence-electron chi connectivity index (χ0n) is 42.4. The Labute approximate surface area is 436 Å². The SMILES string of the molecule is CN[C@@H](C)C(=S)N[C@H]1CCS[C@H]2CC(C)(C)C(C(=O)N[C@H](COCCCCCCOC[C@@H](NC(=O)[C@H]3N4C(=O)[C@@H](NC(=S)[C@H](C)NC)CCS[C@H]4CC3(C)C)c3ccccc3)c3ccccc3)N2C1=O. The van der Waals surface area contributed by atoms with E-state index in [9.17, 15) is 19.2 Å². The summed E-state index contributed by atoms with van der Waals surface area (Å²) in [7, 11) is 3.68. The Balaban J connectivity index is 0.978. The Bertz CT molecular complexity index is 1940. The zero-order chi connectivity index (χ0) is 50.6. The number of thioether (sulfide) groups is 2. The molecule has 0 bridgehead atoms. The summed E-state index contributed by atoms with van der Waals surface area (Å²) in [5.41, 5.74) is 1.02. The third kappa shape index (κ3) is 14.2. The highest BCUT2D eigenvalue weighted by Gasteiger charge is 2.56. The average Bonchev–Trinajstić information content (AvgIpc) is 3.66. The van der Waals surface area contributed by atoms with Crippen LogP contribution >= 0.6 is 48.0 Å². The largest absolute Gasteiger partial charge is 0.379 e. The Morgan fingerprint density at radius 2 is 1.01 bits per heavy atom. The monoisotopic (exact) mass is 1040 g/mol. The van der Waals surface area contributed by atoms with E-state index in [1.54, 1.807) is 23.5 Å². The van der Waals surface area contributed by atoms with Crippen LogP contribution in [0.5, 0.6) is 0 Å². The molecule has 4 heterocycles. The van der Waals surface area contributed by atoms with E-state index in [0.717, 1.165) is 61.2 Å². The first-order valence-corrected chi connectivity index (χ1v) is 28.1. The zero-order valence-corrected chi connectivity index (χ0v) is 45.7. The van der Waals surface area contributed by atoms with E-state index in [2.05, 4.69) is 59.6 Å². The lowest BCUT2D eigenvalue weighted by Gasteiger charge is -2.35. The minimum absolute atomic E-state index is 0.0789. The fourth-order valence-electron chi connectivity index (χ4n) is 10.0. The van der Waals surface area contributed by atoms with Crippen molar-refractivity contribution >= 4 is 81.6 Å². The summed E-state index contributed by atoms with van der Waals surface area (Å²) in [5, 5.41) is 19.3. The van der Waals surface area contributed by atoms with Gasteiger partial charge in [0.2, 0.25) is 23.6 Å². The van der Waals surface area contributed by atoms with Gasteiger partial charge >= 0.3 is 0 Å². The van der Waals surface area contributed by atoms with Crippen LogP contribution in [0.3, 0.4) is 0 Å². The molecule has 70 heavy (non-hydrogen) atoms. The lowest BCUT2D eigenvalue weighted by molar-refractivity contribution is -0.142. The van der Waals surface area contributed by atoms with Gasteiger partial charge in [-0.3, -0.25) is 19.2 Å². The van der Waals surface area contributed by atoms with E-state index in [1.165, 1.54) is 0 Å². The van der Waals surface area contributed by atoms with Gasteiger partial charge in [-0.15, -0.1) is 23.5 Å². The second-order valence-corrected chi connectivity index (χ2v) is 24.0. The van der Waals surface area contributed by atoms with Crippen LogP contribution in [0.1, 0.15) is 116 Å². The molecule has 0 radical (unpaired) electrons. The minimum Gasteiger partial charge on any atom is -0.379 e. The van der Waals surface area contributed by atoms with Crippen LogP contribution in [0, 0.1) is 10.8 Å². The van der Waals surface area contributed by atoms with Crippen LogP contribution in [0.2, 0.25) is 0 Å². The summed E-state index contributed by atoms with van der Waals surface area (Å²) >= 11 is 14.7. The predicted molar refractivity (Wildman–Crippen MR) is 291 cm³/mol. The normalized spacial score (nSPS) is 25.6. The van der Waals surface area contributed by atoms with E-state index in [4.69, 9.17) is 33.9 Å². The molecule has 6 N–H and O–H groups in total. The number of carbonyl (C=O) groups is 4. The summed E-state index contributed by atoms with van der Waals surface area (Å²) < 4.78 is 12.5. The molecule has 0 aliphatic carbocycles. The molecule has 2 aromatic carbocycles. The van der Waals surface area contributed by atoms with Gasteiger partial charge in [-0.05, 0) is 99.9 Å². The molecular weight excluding hydrogens is 961 g/mol. The quantitative estimate of drug-likeness (QED) is 0.0546. The van der Waals surface area contributed by atoms with Crippen molar-refractivity contribution in [1.82, 2.24) is 41.7 Å². The average molecular weight is 1040 g/mol. The molecule has 0 aromatic heterocycles. The molecular formula is C52H78N8O6S4. The van der Waals surface area contributed by atoms with Crippen molar-refractivity contribution in [2.24, 2.45) is 10.8 Å². The van der Waals surface area contributed by atoms with Crippen LogP contribution in [-0.2, 0) is 28.7 Å². The highest BCUT2D eigenvalue weighted by atomic mass is 32.2. The number of ether oxygens (including phenoxy) is 2. The first kappa shape index (κ1) is 55.9. The van der Waals surface area contributed by atoms with Gasteiger partial charge in [0.25, 0.3) is 0 Å². The number of fused-ring (bicyclic) bond motifs is 2. The highest BCUT2D eigenvalue weighted by Crippen LogP contribution is 2.48. The van der Waals surface area contributed by atoms with Crippen molar-refractivity contribution in [3.05, 3.63) is 71.8 Å². The van der Waals surface area contributed by atoms with Gasteiger partial charge in [0.15, 0.2) is 0 Å². The van der Waals surface area contributed by atoms with Crippen LogP contribution < -0.4 is 31.9 Å². The molecule has 4 amide bonds. The van der Waals surface area contributed by atoms with Gasteiger partial charge < -0.3 is 51.2 Å². The lowest BCUT2D eigenvalue weighted by atomic mass is 9.83. The molecule has 14 nitrogen and oxygen atoms in total. The van der Waals surface area contributed by atoms with E-state index < -0.39 is 47.1 Å². The number of amides is 4. The third-order valence-electron chi connectivity index (χ3n) is 14.3. The summed E-state index contributed by atoms with van der Waals surface area (Å²) in [6.45, 7) is 13.9. The van der Waals surface area contributed by atoms with Gasteiger partial charge in [-0.1, -0.05) is 126 Å². The third-order valence-corrected chi connectivity index (χ3v) is 17.8. The number of thiocarbonyl (C=S) groups is 2. The lowest BCUT2D eigenvalue weighted by Crippen LogP contribution is -2.58. The molecule has 4 fully saturated rings. The van der Waals surface area contributed by atoms with E-state index in [1.807, 2.05) is 98.4 Å². The first-order valence-electron chi connectivity index (χ1n) is 25.2. The highest BCUT2D eigenvalue weighted by molar-refractivity contribution is 8.00. The van der Waals surface area contributed by atoms with Crippen molar-refractivity contribution in [3.8, 4) is 0 Å². The molecule has 4 aliphatic heterocycles. The molecule has 18 heteroatoms. The minimum atomic E-state index is -0.646. The van der Waals surface area contributed by atoms with E-state index >= 15 is 0 Å². The first-order chi connectivity index (χ1) is 33.5. The molecule has 2 aromatic rings. The van der Waals surface area contributed by atoms with Gasteiger partial charge in [-0.2, -0.15) is 0 Å². The standard InChI is InChI=1S/C52H78N8O6S4/c1-33(53-7)47(67)57-37-23-27-69-41-29-51(3,4)43(59(41)49(37)63)45(61)55-39(35-19-13-11-14-20-35)31-65-25-17-9-10-18-26-66-32-40(36-21-15-12-16-22-36)56-46(62)44-52(5,6)30-42-60(44)50(64)38(24-28-70-42)58-48(68)34(2)54-8/h11-16,19-22,33-34,37-44,53-54H,9-10,17-18,23-32H2,1-8H3,(H,55,61)(H,56,62)(H,57,67)(H,58,68)/t33-,34-,37-,38-,39+,40+,41-,42-,43+,44?/m0/s1. The molecule has 1 unspecified atom stereocenters. The molecule has 4 aliphatic rings. The Morgan fingerprint density at radius 1 is 0.643 bits per heavy atom. The number of hydrogen-bond acceptors (Lipinski definition) is 12. The summed E-state index contributed by atoms with van der Waals surface area (Å²) in [6.07, 6.45) is 6.30. The fourth-order valence-corrected chi connectivity index (χ4v) is 13.7. The maximum absolute atomic E-state index is 14.4. The summed E-state index contributed by atoms with van der Waals surface area (Å²) in [4.78, 5) is 62.1. The number of hydrogen-bond donors (Lipinski definition) is 6. The number of carbonyl (C=O) groups excluding carboxylic acids is 4. The van der Waals surface area contributed by atoms with Crippen LogP contribution in [-0.4, -0.2) is 142 Å². The molecule has 0 spiro atoms. The summed E-state index contributed by atoms with van der Waals surface area (Å²) in [5.74, 6) is 1.08. The number of benzene rings is 2. The van der Waals surface area contributed by atoms with Crippen LogP contribution in [0.15, 0.2) is 60.7 Å². The fraction of sp³-hybridized carbons (Fsp3) is 0.654. The van der Waals surface area contributed by atoms with Crippen molar-refractivity contribution in [1.29, 1.82) is 0 Å². The maximum Gasteiger partial charge on any atom is 0.246 e. The van der Waals surface area contributed by atoms with Crippen molar-refractivity contribution in [3.63, 3.8) is 0 Å². The second kappa shape index (κ2) is 26.0. The van der Waals surface area contributed by atoms with Crippen LogP contribution in [0.25, 0.3) is 0 Å². The molecule has 10 atom stereocenters. The van der Waals surface area contributed by atoms with Gasteiger partial charge in [0.1, 0.15) is 24.2 Å². The van der Waals surface area contributed by atoms with E-state index in [0.29, 0.717) is 49.2 Å². The Kier molecular flexibility index (Phi) is 20.8. The Morgan fingerprint density at radius 3 is 1.37 bits per heavy atom. The number of likely N-dealkylation sites (N-methyl/N-ethyl adjacent to an activating group) is 2. The Hall–Kier alpha value is -3.36. The van der Waals surface area contributed by atoms with Crippen molar-refractivity contribution < 1.29 is 28.7 Å². The van der Waals surface area contributed by atoms with Gasteiger partial charge in [-0.25, -0.2) is 0 Å². The predicted octanol–water partition coefficient (Wildman–Crippen LogP) is 6.26. The van der Waals surface area contributed by atoms with Crippen molar-refractivity contribution in [2.75, 3.05) is 52.0 Å². The van der Waals surface area contributed by atoms with Gasteiger partial charge in [0, 0.05) is 13.2 Å². The number of nitrogens with zero attached hydrogens (tertiary/aromatic N) is 2. The number of nitrogens with one attached hydrogen (secondary N) is 6. The summed E-state index contributed by atoms with van der Waals surface area (Å²) in [6, 6.07) is 16.5. The smallest absolute Gasteiger partial charge is 0.246 e. The number of unbranched alkanes of at least 4 members (excludes halogenated alkanes) is 3. The van der Waals surface area contributed by atoms with E-state index in [-0.39, 0.29) is 46.5 Å². The van der Waals surface area contributed by atoms with Crippen molar-refractivity contribution in [2.45, 2.75) is 152 Å². The molecule has 386 valence electrons. The van der Waals surface area contributed by atoms with Gasteiger partial charge in [0.05, 0.1) is 58.1 Å². The van der Waals surface area contributed by atoms with Crippen LogP contribution in [0.4, 0.5) is 0 Å². The number of rotatable bonds is 23. The molecule has 6 rings (SSSR count). The molecule has 4 saturated heterocycles.